The molecule has 0 spiro atoms. The van der Waals surface area contributed by atoms with Gasteiger partial charge in [0.15, 0.2) is 0 Å². The molecule has 320 valence electrons. The average Bonchev–Trinajstić information content (AvgIpc) is 3.75. The van der Waals surface area contributed by atoms with Crippen LogP contribution in [0.25, 0.3) is 121 Å². The molecule has 0 aromatic heterocycles. The Kier molecular flexibility index (Phi) is 8.19. The quantitative estimate of drug-likeness (QED) is 0.155. The average molecular weight is 865 g/mol. The summed E-state index contributed by atoms with van der Waals surface area (Å²) in [5, 5.41) is 12.8. The topological polar surface area (TPSA) is 0 Å². The summed E-state index contributed by atoms with van der Waals surface area (Å²) in [5.74, 6) is 0. The highest BCUT2D eigenvalue weighted by atomic mass is 14.4. The first-order valence-corrected chi connectivity index (χ1v) is 24.1. The van der Waals surface area contributed by atoms with Crippen LogP contribution in [0.4, 0.5) is 0 Å². The van der Waals surface area contributed by atoms with Gasteiger partial charge >= 0.3 is 0 Å². The highest BCUT2D eigenvalue weighted by Gasteiger charge is 2.37. The molecule has 12 aromatic rings. The van der Waals surface area contributed by atoms with Crippen molar-refractivity contribution in [1.82, 2.24) is 0 Å². The van der Waals surface area contributed by atoms with Gasteiger partial charge < -0.3 is 0 Å². The Hall–Kier alpha value is -8.06. The van der Waals surface area contributed by atoms with E-state index in [-0.39, 0.29) is 10.8 Å². The monoisotopic (exact) mass is 864 g/mol. The molecule has 0 bridgehead atoms. The molecule has 14 rings (SSSR count). The van der Waals surface area contributed by atoms with Gasteiger partial charge in [0.25, 0.3) is 0 Å². The Morgan fingerprint density at radius 3 is 0.941 bits per heavy atom. The van der Waals surface area contributed by atoms with Gasteiger partial charge in [0.1, 0.15) is 0 Å². The summed E-state index contributed by atoms with van der Waals surface area (Å²) in [7, 11) is 0. The fourth-order valence-corrected chi connectivity index (χ4v) is 12.4. The van der Waals surface area contributed by atoms with Gasteiger partial charge in [0.2, 0.25) is 0 Å². The number of hydrogen-bond donors (Lipinski definition) is 0. The van der Waals surface area contributed by atoms with Crippen LogP contribution in [-0.2, 0) is 10.8 Å². The highest BCUT2D eigenvalue weighted by Crippen LogP contribution is 2.54. The van der Waals surface area contributed by atoms with Crippen LogP contribution in [-0.4, -0.2) is 0 Å². The Morgan fingerprint density at radius 2 is 0.529 bits per heavy atom. The van der Waals surface area contributed by atoms with Crippen molar-refractivity contribution in [3.8, 4) is 66.8 Å². The molecule has 0 amide bonds. The van der Waals surface area contributed by atoms with E-state index in [9.17, 15) is 0 Å². The van der Waals surface area contributed by atoms with Crippen LogP contribution in [0, 0.1) is 0 Å². The van der Waals surface area contributed by atoms with Gasteiger partial charge in [-0.3, -0.25) is 0 Å². The van der Waals surface area contributed by atoms with Crippen molar-refractivity contribution in [2.45, 2.75) is 38.5 Å². The molecule has 0 heteroatoms. The first-order chi connectivity index (χ1) is 33.2. The summed E-state index contributed by atoms with van der Waals surface area (Å²) >= 11 is 0. The van der Waals surface area contributed by atoms with Gasteiger partial charge in [-0.25, -0.2) is 0 Å². The second-order valence-corrected chi connectivity index (χ2v) is 20.5. The van der Waals surface area contributed by atoms with Gasteiger partial charge in [-0.2, -0.15) is 0 Å². The first kappa shape index (κ1) is 39.1. The third-order valence-corrected chi connectivity index (χ3v) is 16.0. The van der Waals surface area contributed by atoms with E-state index in [0.717, 1.165) is 0 Å². The molecule has 0 heterocycles. The van der Waals surface area contributed by atoms with Crippen molar-refractivity contribution >= 4 is 53.9 Å². The van der Waals surface area contributed by atoms with Crippen LogP contribution in [0.5, 0.6) is 0 Å². The van der Waals surface area contributed by atoms with Crippen LogP contribution < -0.4 is 0 Å². The molecule has 0 aliphatic heterocycles. The molecular weight excluding hydrogens is 817 g/mol. The number of fused-ring (bicyclic) bond motifs is 13. The standard InChI is InChI=1S/C68H48/c1-67(2)62-37-47(45-23-21-41-13-5-7-15-43(41)33-45)25-29-54(62)56-31-27-49(39-64(56)67)60-35-51-36-61(53-18-10-12-20-59(53)66(51)58-19-11-9-17-52(58)60)50-28-32-57-55-30-26-48(38-63(55)68(3,4)65(57)40-50)46-24-22-42-14-6-8-16-44(42)34-46/h5-40H,1-4H3. The molecule has 0 saturated heterocycles. The van der Waals surface area contributed by atoms with Crippen molar-refractivity contribution in [3.63, 3.8) is 0 Å². The zero-order valence-electron chi connectivity index (χ0n) is 38.8. The molecule has 0 nitrogen and oxygen atoms in total. The predicted octanol–water partition coefficient (Wildman–Crippen LogP) is 18.7. The fourth-order valence-electron chi connectivity index (χ4n) is 12.4. The molecule has 0 saturated carbocycles. The molecule has 12 aromatic carbocycles. The molecule has 68 heavy (non-hydrogen) atoms. The summed E-state index contributed by atoms with van der Waals surface area (Å²) in [6, 6.07) is 82.7. The van der Waals surface area contributed by atoms with Crippen LogP contribution in [0.3, 0.4) is 0 Å². The summed E-state index contributed by atoms with van der Waals surface area (Å²) in [5.41, 5.74) is 20.7. The second-order valence-electron chi connectivity index (χ2n) is 20.5. The third-order valence-electron chi connectivity index (χ3n) is 16.0. The summed E-state index contributed by atoms with van der Waals surface area (Å²) in [4.78, 5) is 0. The summed E-state index contributed by atoms with van der Waals surface area (Å²) in [6.45, 7) is 9.62. The van der Waals surface area contributed by atoms with Crippen molar-refractivity contribution in [2.75, 3.05) is 0 Å². The lowest BCUT2D eigenvalue weighted by Crippen LogP contribution is -2.15. The molecule has 0 atom stereocenters. The van der Waals surface area contributed by atoms with Gasteiger partial charge in [0, 0.05) is 10.8 Å². The molecule has 0 N–H and O–H groups in total. The van der Waals surface area contributed by atoms with E-state index in [1.807, 2.05) is 0 Å². The smallest absolute Gasteiger partial charge is 0.0159 e. The van der Waals surface area contributed by atoms with E-state index in [4.69, 9.17) is 0 Å². The van der Waals surface area contributed by atoms with Crippen LogP contribution >= 0.6 is 0 Å². The fraction of sp³-hybridized carbons (Fsp3) is 0.0882. The normalized spacial score (nSPS) is 14.1. The van der Waals surface area contributed by atoms with Crippen molar-refractivity contribution in [2.24, 2.45) is 0 Å². The molecular formula is C68H48. The van der Waals surface area contributed by atoms with Gasteiger partial charge in [-0.05, 0) is 191 Å². The highest BCUT2D eigenvalue weighted by molar-refractivity contribution is 6.26. The third kappa shape index (κ3) is 5.67. The summed E-state index contributed by atoms with van der Waals surface area (Å²) < 4.78 is 0. The Labute approximate surface area is 397 Å². The number of hydrogen-bond acceptors (Lipinski definition) is 0. The number of rotatable bonds is 4. The van der Waals surface area contributed by atoms with Gasteiger partial charge in [-0.1, -0.05) is 198 Å². The maximum absolute atomic E-state index is 2.49. The maximum atomic E-state index is 2.49. The second kappa shape index (κ2) is 14.2. The Balaban J connectivity index is 0.881. The lowest BCUT2D eigenvalue weighted by Gasteiger charge is -2.23. The van der Waals surface area contributed by atoms with Crippen LogP contribution in [0.1, 0.15) is 49.9 Å². The lowest BCUT2D eigenvalue weighted by molar-refractivity contribution is 0.660. The van der Waals surface area contributed by atoms with Gasteiger partial charge in [-0.15, -0.1) is 0 Å². The van der Waals surface area contributed by atoms with E-state index in [2.05, 4.69) is 246 Å². The van der Waals surface area contributed by atoms with E-state index < -0.39 is 0 Å². The maximum Gasteiger partial charge on any atom is 0.0159 e. The lowest BCUT2D eigenvalue weighted by atomic mass is 9.80. The summed E-state index contributed by atoms with van der Waals surface area (Å²) in [6.07, 6.45) is 0. The van der Waals surface area contributed by atoms with E-state index >= 15 is 0 Å². The minimum Gasteiger partial charge on any atom is -0.0616 e. The molecule has 0 unspecified atom stereocenters. The van der Waals surface area contributed by atoms with Crippen LogP contribution in [0.15, 0.2) is 218 Å². The zero-order chi connectivity index (χ0) is 45.5. The van der Waals surface area contributed by atoms with Gasteiger partial charge in [0.05, 0.1) is 0 Å². The zero-order valence-corrected chi connectivity index (χ0v) is 38.8. The van der Waals surface area contributed by atoms with Crippen molar-refractivity contribution in [3.05, 3.63) is 241 Å². The van der Waals surface area contributed by atoms with Crippen molar-refractivity contribution < 1.29 is 0 Å². The SMILES string of the molecule is CC1(C)c2cc(-c3ccc4ccccc4c3)ccc2-c2ccc(-c3cc4cc(-c5ccc6c(c5)C(C)(C)c5cc(-c7ccc8ccccc8c7)ccc5-6)c5ccccc5c4c4ccccc34)cc21. The first-order valence-electron chi connectivity index (χ1n) is 24.1. The largest absolute Gasteiger partial charge is 0.0616 e. The minimum absolute atomic E-state index is 0.164. The predicted molar refractivity (Wildman–Crippen MR) is 291 cm³/mol. The Bertz CT molecular complexity index is 3870. The number of benzene rings is 12. The van der Waals surface area contributed by atoms with E-state index in [1.54, 1.807) is 0 Å². The van der Waals surface area contributed by atoms with E-state index in [1.165, 1.54) is 143 Å². The minimum atomic E-state index is -0.164. The molecule has 2 aliphatic carbocycles. The van der Waals surface area contributed by atoms with E-state index in [0.29, 0.717) is 0 Å². The van der Waals surface area contributed by atoms with Crippen molar-refractivity contribution in [1.29, 1.82) is 0 Å². The Morgan fingerprint density at radius 1 is 0.221 bits per heavy atom. The van der Waals surface area contributed by atoms with Crippen LogP contribution in [0.2, 0.25) is 0 Å². The molecule has 2 aliphatic rings. The molecule has 0 fully saturated rings. The molecule has 0 radical (unpaired) electrons.